The molecule has 0 N–H and O–H groups in total. The van der Waals surface area contributed by atoms with Crippen molar-refractivity contribution in [3.63, 3.8) is 0 Å². The third-order valence-corrected chi connectivity index (χ3v) is 7.01. The first-order valence-electron chi connectivity index (χ1n) is 15.0. The van der Waals surface area contributed by atoms with Crippen LogP contribution in [0.2, 0.25) is 0 Å². The van der Waals surface area contributed by atoms with Crippen LogP contribution in [0.5, 0.6) is 0 Å². The van der Waals surface area contributed by atoms with E-state index in [1.54, 1.807) is 0 Å². The third kappa shape index (κ3) is 39.5. The van der Waals surface area contributed by atoms with Crippen molar-refractivity contribution in [3.8, 4) is 0 Å². The minimum Gasteiger partial charge on any atom is -0.550 e. The zero-order valence-corrected chi connectivity index (χ0v) is 28.4. The van der Waals surface area contributed by atoms with Gasteiger partial charge in [0.25, 0.3) is 0 Å². The first-order valence-corrected chi connectivity index (χ1v) is 15.0. The van der Waals surface area contributed by atoms with Crippen LogP contribution in [0.1, 0.15) is 180 Å². The van der Waals surface area contributed by atoms with Gasteiger partial charge in [-0.1, -0.05) is 154 Å². The van der Waals surface area contributed by atoms with Gasteiger partial charge in [0.2, 0.25) is 0 Å². The Kier molecular flexibility index (Phi) is 41.4. The molecular formula is C30H56Na2O4. The van der Waals surface area contributed by atoms with Crippen LogP contribution in [0, 0.1) is 0 Å². The van der Waals surface area contributed by atoms with Crippen molar-refractivity contribution in [3.05, 3.63) is 0 Å². The number of carboxylic acids is 2. The Morgan fingerprint density at radius 2 is 0.389 bits per heavy atom. The fraction of sp³-hybridized carbons (Fsp3) is 0.933. The van der Waals surface area contributed by atoms with Crippen molar-refractivity contribution in [1.82, 2.24) is 0 Å². The number of aliphatic carboxylic acids is 2. The summed E-state index contributed by atoms with van der Waals surface area (Å²) < 4.78 is 0. The summed E-state index contributed by atoms with van der Waals surface area (Å²) in [7, 11) is 0. The van der Waals surface area contributed by atoms with Gasteiger partial charge in [-0.2, -0.15) is 0 Å². The zero-order valence-electron chi connectivity index (χ0n) is 24.4. The van der Waals surface area contributed by atoms with Crippen LogP contribution in [0.4, 0.5) is 0 Å². The summed E-state index contributed by atoms with van der Waals surface area (Å²) >= 11 is 0. The fourth-order valence-electron chi connectivity index (χ4n) is 4.78. The van der Waals surface area contributed by atoms with E-state index in [-0.39, 0.29) is 72.0 Å². The van der Waals surface area contributed by atoms with Crippen molar-refractivity contribution < 1.29 is 78.9 Å². The van der Waals surface area contributed by atoms with Crippen LogP contribution in [0.3, 0.4) is 0 Å². The Balaban J connectivity index is -0.00000544. The van der Waals surface area contributed by atoms with Gasteiger partial charge in [-0.25, -0.2) is 0 Å². The van der Waals surface area contributed by atoms with Crippen LogP contribution in [0.15, 0.2) is 0 Å². The van der Waals surface area contributed by atoms with Gasteiger partial charge in [0.1, 0.15) is 0 Å². The summed E-state index contributed by atoms with van der Waals surface area (Å²) in [6.45, 7) is 0. The minimum atomic E-state index is -0.909. The number of hydrogen-bond donors (Lipinski definition) is 0. The first-order chi connectivity index (χ1) is 16.6. The number of carboxylic acid groups (broad SMARTS) is 2. The van der Waals surface area contributed by atoms with Crippen LogP contribution in [-0.2, 0) is 9.59 Å². The standard InChI is InChI=1S/C30H58O4.2Na/c31-29(32)27-25-23-21-19-17-15-13-11-9-7-5-3-1-2-4-6-8-10-12-14-16-18-20-22-24-26-28-30(33)34;;/h1-28H2,(H,31,32)(H,33,34);;/q;2*+1/p-2. The van der Waals surface area contributed by atoms with E-state index < -0.39 is 11.9 Å². The molecule has 0 spiro atoms. The second-order valence-corrected chi connectivity index (χ2v) is 10.4. The van der Waals surface area contributed by atoms with E-state index in [0.717, 1.165) is 25.7 Å². The Morgan fingerprint density at radius 1 is 0.278 bits per heavy atom. The maximum Gasteiger partial charge on any atom is 1.00 e. The Labute approximate surface area is 268 Å². The van der Waals surface area contributed by atoms with Gasteiger partial charge in [-0.3, -0.25) is 0 Å². The van der Waals surface area contributed by atoms with Crippen molar-refractivity contribution >= 4 is 11.9 Å². The molecule has 0 aromatic heterocycles. The van der Waals surface area contributed by atoms with Crippen LogP contribution in [-0.4, -0.2) is 11.9 Å². The van der Waals surface area contributed by atoms with Gasteiger partial charge in [-0.15, -0.1) is 0 Å². The minimum absolute atomic E-state index is 0. The summed E-state index contributed by atoms with van der Waals surface area (Å²) in [6.07, 6.45) is 33.8. The normalized spacial score (nSPS) is 10.6. The van der Waals surface area contributed by atoms with Crippen molar-refractivity contribution in [2.45, 2.75) is 180 Å². The molecule has 0 bridgehead atoms. The maximum atomic E-state index is 10.3. The summed E-state index contributed by atoms with van der Waals surface area (Å²) in [6, 6.07) is 0. The SMILES string of the molecule is O=C([O-])CCCCCCCCCCCCCCCCCCCCCCCCCCCCC(=O)[O-].[Na+].[Na+]. The molecular weight excluding hydrogens is 470 g/mol. The Hall–Kier alpha value is 0.940. The molecule has 0 atom stereocenters. The average Bonchev–Trinajstić information content (AvgIpc) is 2.80. The second kappa shape index (κ2) is 35.9. The van der Waals surface area contributed by atoms with Crippen molar-refractivity contribution in [1.29, 1.82) is 0 Å². The van der Waals surface area contributed by atoms with Crippen molar-refractivity contribution in [2.24, 2.45) is 0 Å². The molecule has 0 aromatic carbocycles. The van der Waals surface area contributed by atoms with Crippen LogP contribution >= 0.6 is 0 Å². The molecule has 0 unspecified atom stereocenters. The number of rotatable bonds is 29. The quantitative estimate of drug-likeness (QED) is 0.109. The summed E-state index contributed by atoms with van der Waals surface area (Å²) in [5.41, 5.74) is 0. The van der Waals surface area contributed by atoms with Gasteiger partial charge in [-0.05, 0) is 25.7 Å². The topological polar surface area (TPSA) is 80.3 Å². The molecule has 0 aromatic rings. The number of carbonyl (C=O) groups excluding carboxylic acids is 2. The van der Waals surface area contributed by atoms with E-state index >= 15 is 0 Å². The summed E-state index contributed by atoms with van der Waals surface area (Å²) in [5, 5.41) is 20.7. The molecule has 0 fully saturated rings. The predicted octanol–water partition coefficient (Wildman–Crippen LogP) is 1.42. The predicted molar refractivity (Wildman–Crippen MR) is 139 cm³/mol. The smallest absolute Gasteiger partial charge is 0.550 e. The summed E-state index contributed by atoms with van der Waals surface area (Å²) in [5.74, 6) is -1.82. The molecule has 4 nitrogen and oxygen atoms in total. The zero-order chi connectivity index (χ0) is 25.0. The van der Waals surface area contributed by atoms with E-state index in [1.165, 1.54) is 141 Å². The third-order valence-electron chi connectivity index (χ3n) is 7.01. The molecule has 0 saturated carbocycles. The monoisotopic (exact) mass is 526 g/mol. The average molecular weight is 527 g/mol. The molecule has 0 aliphatic carbocycles. The molecule has 36 heavy (non-hydrogen) atoms. The molecule has 0 aliphatic rings. The Bertz CT molecular complexity index is 407. The van der Waals surface area contributed by atoms with E-state index in [0.29, 0.717) is 0 Å². The van der Waals surface area contributed by atoms with Crippen LogP contribution in [0.25, 0.3) is 0 Å². The number of unbranched alkanes of at least 4 members (excludes halogenated alkanes) is 25. The second-order valence-electron chi connectivity index (χ2n) is 10.4. The number of hydrogen-bond acceptors (Lipinski definition) is 4. The maximum absolute atomic E-state index is 10.3. The first kappa shape index (κ1) is 41.4. The van der Waals surface area contributed by atoms with Gasteiger partial charge in [0.15, 0.2) is 0 Å². The molecule has 0 rings (SSSR count). The van der Waals surface area contributed by atoms with E-state index in [1.807, 2.05) is 0 Å². The van der Waals surface area contributed by atoms with Gasteiger partial charge >= 0.3 is 59.1 Å². The van der Waals surface area contributed by atoms with E-state index in [2.05, 4.69) is 0 Å². The van der Waals surface area contributed by atoms with E-state index in [4.69, 9.17) is 0 Å². The molecule has 0 saturated heterocycles. The van der Waals surface area contributed by atoms with Gasteiger partial charge in [0, 0.05) is 11.9 Å². The Morgan fingerprint density at radius 3 is 0.500 bits per heavy atom. The van der Waals surface area contributed by atoms with Crippen LogP contribution < -0.4 is 69.3 Å². The molecule has 0 heterocycles. The van der Waals surface area contributed by atoms with Gasteiger partial charge in [0.05, 0.1) is 0 Å². The molecule has 6 heteroatoms. The van der Waals surface area contributed by atoms with E-state index in [9.17, 15) is 19.8 Å². The van der Waals surface area contributed by atoms with Crippen molar-refractivity contribution in [2.75, 3.05) is 0 Å². The largest absolute Gasteiger partial charge is 1.00 e. The fourth-order valence-corrected chi connectivity index (χ4v) is 4.78. The molecule has 0 amide bonds. The van der Waals surface area contributed by atoms with Gasteiger partial charge < -0.3 is 19.8 Å². The molecule has 0 radical (unpaired) electrons. The number of carbonyl (C=O) groups is 2. The summed E-state index contributed by atoms with van der Waals surface area (Å²) in [4.78, 5) is 20.7. The molecule has 0 aliphatic heterocycles. The molecule has 202 valence electrons.